The molecule has 0 amide bonds. The number of aromatic amines is 2. The minimum absolute atomic E-state index is 0.835. The first-order chi connectivity index (χ1) is 14.2. The van der Waals surface area contributed by atoms with Crippen LogP contribution < -0.4 is 20.6 Å². The van der Waals surface area contributed by atoms with E-state index >= 15 is 0 Å². The number of nitrogens with zero attached hydrogens (tertiary/aromatic N) is 2. The molecular formula is C16H20N6O6S2. The molecule has 2 aromatic heterocycles. The van der Waals surface area contributed by atoms with Crippen molar-refractivity contribution >= 4 is 32.9 Å². The Morgan fingerprint density at radius 2 is 1.07 bits per heavy atom. The van der Waals surface area contributed by atoms with Gasteiger partial charge in [-0.15, -0.1) is 0 Å². The summed E-state index contributed by atoms with van der Waals surface area (Å²) in [5.74, 6) is 0. The zero-order chi connectivity index (χ0) is 22.5. The highest BCUT2D eigenvalue weighted by atomic mass is 32.1. The van der Waals surface area contributed by atoms with Crippen molar-refractivity contribution in [2.75, 3.05) is 10.6 Å². The summed E-state index contributed by atoms with van der Waals surface area (Å²) in [6.45, 7) is 5.87. The number of hydrogen-bond donors (Lipinski definition) is 2. The third-order valence-corrected chi connectivity index (χ3v) is 5.08. The number of anilines is 2. The number of thiazole rings is 2. The van der Waals surface area contributed by atoms with Crippen LogP contribution >= 0.6 is 22.7 Å². The van der Waals surface area contributed by atoms with E-state index in [1.165, 1.54) is 20.9 Å². The van der Waals surface area contributed by atoms with E-state index in [1.807, 2.05) is 12.4 Å². The monoisotopic (exact) mass is 456 g/mol. The van der Waals surface area contributed by atoms with Crippen molar-refractivity contribution in [2.45, 2.75) is 26.9 Å². The molecule has 14 heteroatoms. The molecule has 0 unspecified atom stereocenters. The zero-order valence-electron chi connectivity index (χ0n) is 16.0. The van der Waals surface area contributed by atoms with Crippen LogP contribution in [0.15, 0.2) is 36.7 Å². The molecule has 3 rings (SSSR count). The molecule has 0 radical (unpaired) electrons. The summed E-state index contributed by atoms with van der Waals surface area (Å²) in [6.07, 6.45) is 4.04. The Bertz CT molecular complexity index is 847. The maximum absolute atomic E-state index is 8.25. The van der Waals surface area contributed by atoms with E-state index in [-0.39, 0.29) is 0 Å². The van der Waals surface area contributed by atoms with E-state index < -0.39 is 10.2 Å². The van der Waals surface area contributed by atoms with Gasteiger partial charge in [0.05, 0.1) is 10.2 Å². The highest BCUT2D eigenvalue weighted by Gasteiger charge is 2.07. The van der Waals surface area contributed by atoms with Gasteiger partial charge in [0.2, 0.25) is 0 Å². The molecule has 0 saturated heterocycles. The molecule has 0 fully saturated rings. The van der Waals surface area contributed by atoms with Crippen molar-refractivity contribution < 1.29 is 20.1 Å². The molecular weight excluding hydrogens is 436 g/mol. The summed E-state index contributed by atoms with van der Waals surface area (Å²) in [7, 11) is 0. The van der Waals surface area contributed by atoms with Gasteiger partial charge in [0.1, 0.15) is 25.5 Å². The highest BCUT2D eigenvalue weighted by Crippen LogP contribution is 2.15. The lowest BCUT2D eigenvalue weighted by Crippen LogP contribution is -2.09. The molecule has 162 valence electrons. The lowest BCUT2D eigenvalue weighted by molar-refractivity contribution is -0.403. The summed E-state index contributed by atoms with van der Waals surface area (Å²) < 4.78 is 0. The van der Waals surface area contributed by atoms with E-state index in [0.29, 0.717) is 0 Å². The summed E-state index contributed by atoms with van der Waals surface area (Å²) in [5.41, 5.74) is 2.56. The Labute approximate surface area is 179 Å². The van der Waals surface area contributed by atoms with Crippen molar-refractivity contribution in [3.05, 3.63) is 88.2 Å². The van der Waals surface area contributed by atoms with Crippen LogP contribution in [-0.2, 0) is 13.1 Å². The van der Waals surface area contributed by atoms with Gasteiger partial charge in [-0.3, -0.25) is 10.6 Å². The van der Waals surface area contributed by atoms with Gasteiger partial charge >= 0.3 is 10.3 Å². The molecule has 4 N–H and O–H groups in total. The van der Waals surface area contributed by atoms with E-state index in [2.05, 4.69) is 58.7 Å². The SMILES string of the molecule is Cc1c[nH+]c(NCc2ccc(CNc3[nH+]cc(C)s3)cc2)s1.O=[N+]([O-])[O-].O=[N+]([O-])[O-]. The number of rotatable bonds is 6. The Morgan fingerprint density at radius 1 is 0.767 bits per heavy atom. The third-order valence-electron chi connectivity index (χ3n) is 3.27. The van der Waals surface area contributed by atoms with Crippen LogP contribution in [0.3, 0.4) is 0 Å². The zero-order valence-corrected chi connectivity index (χ0v) is 17.7. The molecule has 0 spiro atoms. The van der Waals surface area contributed by atoms with Gasteiger partial charge in [-0.2, -0.15) is 0 Å². The quantitative estimate of drug-likeness (QED) is 0.418. The average molecular weight is 457 g/mol. The molecule has 2 heterocycles. The Kier molecular flexibility index (Phi) is 10.5. The summed E-state index contributed by atoms with van der Waals surface area (Å²) in [5, 5.41) is 38.5. The van der Waals surface area contributed by atoms with Crippen LogP contribution in [0.5, 0.6) is 0 Å². The second-order valence-corrected chi connectivity index (χ2v) is 8.14. The first-order valence-electron chi connectivity index (χ1n) is 8.30. The van der Waals surface area contributed by atoms with E-state index in [0.717, 1.165) is 23.4 Å². The molecule has 0 aliphatic heterocycles. The van der Waals surface area contributed by atoms with Crippen LogP contribution in [0, 0.1) is 44.5 Å². The van der Waals surface area contributed by atoms with Crippen LogP contribution in [-0.4, -0.2) is 10.2 Å². The molecule has 3 aromatic rings. The Morgan fingerprint density at radius 3 is 1.30 bits per heavy atom. The highest BCUT2D eigenvalue weighted by molar-refractivity contribution is 7.15. The van der Waals surface area contributed by atoms with Crippen LogP contribution in [0.2, 0.25) is 0 Å². The number of nitrogens with one attached hydrogen (secondary N) is 4. The normalized spacial score (nSPS) is 9.40. The second-order valence-electron chi connectivity index (χ2n) is 5.63. The lowest BCUT2D eigenvalue weighted by atomic mass is 10.1. The number of benzene rings is 1. The van der Waals surface area contributed by atoms with Gasteiger partial charge in [-0.05, 0) is 25.0 Å². The predicted molar refractivity (Wildman–Crippen MR) is 113 cm³/mol. The molecule has 30 heavy (non-hydrogen) atoms. The van der Waals surface area contributed by atoms with Crippen molar-refractivity contribution in [3.63, 3.8) is 0 Å². The van der Waals surface area contributed by atoms with Gasteiger partial charge in [-0.1, -0.05) is 46.9 Å². The van der Waals surface area contributed by atoms with E-state index in [1.54, 1.807) is 22.7 Å². The fourth-order valence-electron chi connectivity index (χ4n) is 2.09. The molecule has 0 bridgehead atoms. The molecule has 0 aliphatic rings. The minimum atomic E-state index is -1.75. The van der Waals surface area contributed by atoms with Gasteiger partial charge in [0, 0.05) is 9.75 Å². The number of aryl methyl sites for hydroxylation is 2. The fourth-order valence-corrected chi connectivity index (χ4v) is 3.49. The topological polar surface area (TPSA) is 185 Å². The maximum atomic E-state index is 8.25. The van der Waals surface area contributed by atoms with Crippen LogP contribution in [0.1, 0.15) is 20.9 Å². The maximum Gasteiger partial charge on any atom is 0.332 e. The van der Waals surface area contributed by atoms with Crippen molar-refractivity contribution in [2.24, 2.45) is 0 Å². The standard InChI is InChI=1S/C16H18N4S2.2NO3/c1-11-7-17-15(21-11)19-9-13-3-5-14(6-4-13)10-20-16-18-8-12(2)22-16;2*2-1(3)4/h3-8H,9-10H2,1-2H3,(H,17,19)(H,18,20);;/q;2*-1/p+2. The summed E-state index contributed by atoms with van der Waals surface area (Å²) in [4.78, 5) is 25.5. The number of H-pyrrole nitrogens is 2. The van der Waals surface area contributed by atoms with Gasteiger partial charge in [0.25, 0.3) is 0 Å². The first kappa shape index (κ1) is 24.5. The summed E-state index contributed by atoms with van der Waals surface area (Å²) in [6, 6.07) is 8.70. The number of hydrogen-bond acceptors (Lipinski definition) is 10. The molecule has 0 saturated carbocycles. The van der Waals surface area contributed by atoms with Crippen molar-refractivity contribution in [3.8, 4) is 0 Å². The minimum Gasteiger partial charge on any atom is -0.356 e. The second kappa shape index (κ2) is 12.8. The molecule has 1 aromatic carbocycles. The fraction of sp³-hybridized carbons (Fsp3) is 0.250. The van der Waals surface area contributed by atoms with Gasteiger partial charge in [0.15, 0.2) is 0 Å². The Hall–Kier alpha value is -3.52. The van der Waals surface area contributed by atoms with Crippen LogP contribution in [0.25, 0.3) is 0 Å². The Balaban J connectivity index is 0.000000485. The third kappa shape index (κ3) is 11.4. The largest absolute Gasteiger partial charge is 0.356 e. The molecule has 0 atom stereocenters. The molecule has 0 aliphatic carbocycles. The van der Waals surface area contributed by atoms with Crippen molar-refractivity contribution in [1.82, 2.24) is 0 Å². The number of aromatic nitrogens is 2. The summed E-state index contributed by atoms with van der Waals surface area (Å²) >= 11 is 3.48. The lowest BCUT2D eigenvalue weighted by Gasteiger charge is -2.01. The van der Waals surface area contributed by atoms with Gasteiger partial charge in [-0.25, -0.2) is 9.97 Å². The van der Waals surface area contributed by atoms with Crippen LogP contribution in [0.4, 0.5) is 10.3 Å². The van der Waals surface area contributed by atoms with E-state index in [4.69, 9.17) is 30.6 Å². The smallest absolute Gasteiger partial charge is 0.332 e. The van der Waals surface area contributed by atoms with Crippen molar-refractivity contribution in [1.29, 1.82) is 0 Å². The predicted octanol–water partition coefficient (Wildman–Crippen LogP) is 2.80. The van der Waals surface area contributed by atoms with Gasteiger partial charge < -0.3 is 30.6 Å². The molecule has 12 nitrogen and oxygen atoms in total. The average Bonchev–Trinajstić information content (AvgIpc) is 3.26. The first-order valence-corrected chi connectivity index (χ1v) is 9.94. The van der Waals surface area contributed by atoms with E-state index in [9.17, 15) is 0 Å².